The van der Waals surface area contributed by atoms with E-state index in [4.69, 9.17) is 9.47 Å². The summed E-state index contributed by atoms with van der Waals surface area (Å²) in [7, 11) is 1.55. The Labute approximate surface area is 141 Å². The van der Waals surface area contributed by atoms with Gasteiger partial charge < -0.3 is 9.47 Å². The number of thiophene rings is 1. The summed E-state index contributed by atoms with van der Waals surface area (Å²) < 4.78 is 24.9. The van der Waals surface area contributed by atoms with E-state index in [1.807, 2.05) is 0 Å². The highest BCUT2D eigenvalue weighted by atomic mass is 32.1. The maximum atomic E-state index is 13.5. The molecule has 0 aliphatic heterocycles. The Morgan fingerprint density at radius 1 is 1.29 bits per heavy atom. The fourth-order valence-electron chi connectivity index (χ4n) is 2.03. The van der Waals surface area contributed by atoms with Crippen LogP contribution < -0.4 is 4.74 Å². The van der Waals surface area contributed by atoms with Crippen molar-refractivity contribution in [2.75, 3.05) is 20.3 Å². The van der Waals surface area contributed by atoms with Gasteiger partial charge in [-0.15, -0.1) is 16.4 Å². The smallest absolute Gasteiger partial charge is 0.336 e. The van der Waals surface area contributed by atoms with Gasteiger partial charge in [0.05, 0.1) is 11.5 Å². The summed E-state index contributed by atoms with van der Waals surface area (Å²) >= 11 is 1.29. The molecule has 6 nitrogen and oxygen atoms in total. The van der Waals surface area contributed by atoms with Gasteiger partial charge in [0.15, 0.2) is 5.82 Å². The molecule has 0 unspecified atom stereocenters. The first-order valence-electron chi connectivity index (χ1n) is 7.12. The molecule has 2 aromatic heterocycles. The van der Waals surface area contributed by atoms with E-state index in [9.17, 15) is 9.18 Å². The largest absolute Gasteiger partial charge is 0.460 e. The van der Waals surface area contributed by atoms with Gasteiger partial charge in [-0.1, -0.05) is 18.2 Å². The van der Waals surface area contributed by atoms with Crippen LogP contribution in [-0.2, 0) is 4.74 Å². The average Bonchev–Trinajstić information content (AvgIpc) is 3.24. The van der Waals surface area contributed by atoms with Crippen LogP contribution in [-0.4, -0.2) is 41.0 Å². The van der Waals surface area contributed by atoms with Crippen LogP contribution in [0.5, 0.6) is 6.01 Å². The molecule has 0 saturated heterocycles. The van der Waals surface area contributed by atoms with E-state index in [0.29, 0.717) is 17.0 Å². The Morgan fingerprint density at radius 2 is 2.17 bits per heavy atom. The minimum atomic E-state index is -0.424. The summed E-state index contributed by atoms with van der Waals surface area (Å²) in [6.45, 7) is 0.610. The molecule has 2 heterocycles. The van der Waals surface area contributed by atoms with Gasteiger partial charge in [-0.3, -0.25) is 4.79 Å². The fourth-order valence-corrected chi connectivity index (χ4v) is 2.68. The molecule has 0 aliphatic rings. The molecule has 0 aliphatic carbocycles. The van der Waals surface area contributed by atoms with Crippen molar-refractivity contribution in [2.45, 2.75) is 0 Å². The zero-order chi connectivity index (χ0) is 16.9. The first-order chi connectivity index (χ1) is 11.7. The lowest BCUT2D eigenvalue weighted by atomic mass is 10.2. The monoisotopic (exact) mass is 347 g/mol. The van der Waals surface area contributed by atoms with Gasteiger partial charge in [-0.2, -0.15) is 9.67 Å². The number of halogens is 1. The average molecular weight is 347 g/mol. The summed E-state index contributed by atoms with van der Waals surface area (Å²) in [6.07, 6.45) is 0. The van der Waals surface area contributed by atoms with Crippen LogP contribution in [0.3, 0.4) is 0 Å². The van der Waals surface area contributed by atoms with Crippen LogP contribution in [0.1, 0.15) is 9.67 Å². The van der Waals surface area contributed by atoms with E-state index < -0.39 is 5.82 Å². The van der Waals surface area contributed by atoms with Gasteiger partial charge >= 0.3 is 6.01 Å². The fraction of sp³-hybridized carbons (Fsp3) is 0.188. The third-order valence-electron chi connectivity index (χ3n) is 3.11. The van der Waals surface area contributed by atoms with Gasteiger partial charge in [0.25, 0.3) is 5.91 Å². The SMILES string of the molecule is COCCOc1nc(-c2cccc(F)c2)n(C(=O)c2cccs2)n1. The van der Waals surface area contributed by atoms with Crippen LogP contribution in [0, 0.1) is 5.82 Å². The Hall–Kier alpha value is -2.58. The number of carbonyl (C=O) groups is 1. The summed E-state index contributed by atoms with van der Waals surface area (Å²) in [4.78, 5) is 17.3. The maximum Gasteiger partial charge on any atom is 0.336 e. The van der Waals surface area contributed by atoms with E-state index in [1.54, 1.807) is 36.8 Å². The van der Waals surface area contributed by atoms with Crippen LogP contribution in [0.4, 0.5) is 4.39 Å². The van der Waals surface area contributed by atoms with E-state index >= 15 is 0 Å². The lowest BCUT2D eigenvalue weighted by Crippen LogP contribution is -2.14. The van der Waals surface area contributed by atoms with Gasteiger partial charge in [-0.05, 0) is 23.6 Å². The van der Waals surface area contributed by atoms with Crippen molar-refractivity contribution in [3.8, 4) is 17.4 Å². The van der Waals surface area contributed by atoms with E-state index in [-0.39, 0.29) is 24.3 Å². The normalized spacial score (nSPS) is 10.8. The van der Waals surface area contributed by atoms with Crippen LogP contribution >= 0.6 is 11.3 Å². The number of benzene rings is 1. The highest BCUT2D eigenvalue weighted by Gasteiger charge is 2.20. The molecule has 0 spiro atoms. The number of nitrogens with zero attached hydrogens (tertiary/aromatic N) is 3. The minimum Gasteiger partial charge on any atom is -0.460 e. The molecule has 24 heavy (non-hydrogen) atoms. The maximum absolute atomic E-state index is 13.5. The molecule has 0 radical (unpaired) electrons. The zero-order valence-corrected chi connectivity index (χ0v) is 13.6. The van der Waals surface area contributed by atoms with Gasteiger partial charge in [-0.25, -0.2) is 4.39 Å². The molecule has 0 fully saturated rings. The third-order valence-corrected chi connectivity index (χ3v) is 3.97. The summed E-state index contributed by atoms with van der Waals surface area (Å²) in [6, 6.07) is 9.32. The molecular formula is C16H14FN3O3S. The number of rotatable bonds is 6. The highest BCUT2D eigenvalue weighted by molar-refractivity contribution is 7.12. The number of carbonyl (C=O) groups excluding carboxylic acids is 1. The molecule has 0 bridgehead atoms. The molecule has 124 valence electrons. The van der Waals surface area contributed by atoms with E-state index in [0.717, 1.165) is 4.68 Å². The Morgan fingerprint density at radius 3 is 2.88 bits per heavy atom. The Bertz CT molecular complexity index is 833. The predicted molar refractivity (Wildman–Crippen MR) is 86.8 cm³/mol. The molecule has 1 aromatic carbocycles. The molecule has 0 N–H and O–H groups in total. The number of hydrogen-bond acceptors (Lipinski definition) is 6. The summed E-state index contributed by atoms with van der Waals surface area (Å²) in [5.74, 6) is -0.550. The second kappa shape index (κ2) is 7.33. The quantitative estimate of drug-likeness (QED) is 0.642. The molecule has 3 aromatic rings. The predicted octanol–water partition coefficient (Wildman–Crippen LogP) is 2.86. The van der Waals surface area contributed by atoms with Crippen LogP contribution in [0.2, 0.25) is 0 Å². The zero-order valence-electron chi connectivity index (χ0n) is 12.8. The van der Waals surface area contributed by atoms with Crippen LogP contribution in [0.25, 0.3) is 11.4 Å². The van der Waals surface area contributed by atoms with Crippen molar-refractivity contribution in [3.63, 3.8) is 0 Å². The summed E-state index contributed by atoms with van der Waals surface area (Å²) in [5, 5.41) is 5.90. The lowest BCUT2D eigenvalue weighted by Gasteiger charge is -2.03. The molecule has 0 amide bonds. The number of aromatic nitrogens is 3. The lowest BCUT2D eigenvalue weighted by molar-refractivity contribution is 0.0947. The third kappa shape index (κ3) is 3.50. The highest BCUT2D eigenvalue weighted by Crippen LogP contribution is 2.23. The van der Waals surface area contributed by atoms with Crippen LogP contribution in [0.15, 0.2) is 41.8 Å². The summed E-state index contributed by atoms with van der Waals surface area (Å²) in [5.41, 5.74) is 0.439. The molecular weight excluding hydrogens is 333 g/mol. The first-order valence-corrected chi connectivity index (χ1v) is 8.00. The molecule has 0 saturated carbocycles. The topological polar surface area (TPSA) is 66.2 Å². The number of ether oxygens (including phenoxy) is 2. The van der Waals surface area contributed by atoms with E-state index in [1.165, 1.54) is 23.5 Å². The van der Waals surface area contributed by atoms with Crippen molar-refractivity contribution in [2.24, 2.45) is 0 Å². The molecule has 3 rings (SSSR count). The van der Waals surface area contributed by atoms with Crippen molar-refractivity contribution in [1.82, 2.24) is 14.8 Å². The second-order valence-electron chi connectivity index (χ2n) is 4.76. The van der Waals surface area contributed by atoms with Gasteiger partial charge in [0, 0.05) is 12.7 Å². The molecule has 0 atom stereocenters. The van der Waals surface area contributed by atoms with Gasteiger partial charge in [0.1, 0.15) is 12.4 Å². The van der Waals surface area contributed by atoms with E-state index in [2.05, 4.69) is 10.1 Å². The molecule has 8 heteroatoms. The number of hydrogen-bond donors (Lipinski definition) is 0. The van der Waals surface area contributed by atoms with Crippen molar-refractivity contribution >= 4 is 17.2 Å². The number of methoxy groups -OCH3 is 1. The van der Waals surface area contributed by atoms with Crippen molar-refractivity contribution in [1.29, 1.82) is 0 Å². The Balaban J connectivity index is 2.00. The first kappa shape index (κ1) is 16.3. The van der Waals surface area contributed by atoms with Crippen molar-refractivity contribution < 1.29 is 18.7 Å². The van der Waals surface area contributed by atoms with Crippen molar-refractivity contribution in [3.05, 3.63) is 52.5 Å². The van der Waals surface area contributed by atoms with Gasteiger partial charge in [0.2, 0.25) is 0 Å². The standard InChI is InChI=1S/C16H14FN3O3S/c1-22-7-8-23-16-18-14(11-4-2-5-12(17)10-11)20(19-16)15(21)13-6-3-9-24-13/h2-6,9-10H,7-8H2,1H3. The Kier molecular flexibility index (Phi) is 4.97. The minimum absolute atomic E-state index is 0.0382. The second-order valence-corrected chi connectivity index (χ2v) is 5.71.